The molecule has 0 amide bonds. The average Bonchev–Trinajstić information content (AvgIpc) is 3.46. The smallest absolute Gasteiger partial charge is 0.203 e. The van der Waals surface area contributed by atoms with E-state index in [1.165, 1.54) is 0 Å². The third kappa shape index (κ3) is 3.07. The Balaban J connectivity index is 1.46. The van der Waals surface area contributed by atoms with Crippen LogP contribution in [0, 0.1) is 0 Å². The SMILES string of the molecule is c1ccc(-[n+]2cnn(-c3cccc(-n4c[n+](-c5ccccc5)cn4)c3)c2)cc1. The molecule has 0 bridgehead atoms. The number of nitrogens with zero attached hydrogens (tertiary/aromatic N) is 6. The molecule has 0 aliphatic heterocycles. The highest BCUT2D eigenvalue weighted by molar-refractivity contribution is 5.42. The summed E-state index contributed by atoms with van der Waals surface area (Å²) in [6, 6.07) is 28.4. The molecule has 0 saturated carbocycles. The lowest BCUT2D eigenvalue weighted by Gasteiger charge is -1.97. The molecule has 0 N–H and O–H groups in total. The van der Waals surface area contributed by atoms with Crippen molar-refractivity contribution in [1.29, 1.82) is 0 Å². The molecule has 2 heterocycles. The molecule has 0 fully saturated rings. The second-order valence-corrected chi connectivity index (χ2v) is 6.39. The minimum Gasteiger partial charge on any atom is -0.203 e. The van der Waals surface area contributed by atoms with Gasteiger partial charge in [0.2, 0.25) is 12.7 Å². The Hall–Kier alpha value is -4.06. The third-order valence-electron chi connectivity index (χ3n) is 4.54. The lowest BCUT2D eigenvalue weighted by Crippen LogP contribution is -2.27. The first-order valence-electron chi connectivity index (χ1n) is 9.00. The first-order valence-corrected chi connectivity index (χ1v) is 9.00. The van der Waals surface area contributed by atoms with Gasteiger partial charge in [-0.25, -0.2) is 9.13 Å². The largest absolute Gasteiger partial charge is 0.270 e. The van der Waals surface area contributed by atoms with Crippen LogP contribution in [0.3, 0.4) is 0 Å². The first-order chi connectivity index (χ1) is 13.9. The lowest BCUT2D eigenvalue weighted by atomic mass is 10.3. The van der Waals surface area contributed by atoms with E-state index in [1.54, 1.807) is 12.7 Å². The molecule has 0 unspecified atom stereocenters. The van der Waals surface area contributed by atoms with E-state index < -0.39 is 0 Å². The molecule has 3 aromatic carbocycles. The third-order valence-corrected chi connectivity index (χ3v) is 4.54. The summed E-state index contributed by atoms with van der Waals surface area (Å²) >= 11 is 0. The van der Waals surface area contributed by atoms with Gasteiger partial charge in [0.25, 0.3) is 12.7 Å². The summed E-state index contributed by atoms with van der Waals surface area (Å²) < 4.78 is 7.68. The molecule has 2 aromatic heterocycles. The van der Waals surface area contributed by atoms with Crippen LogP contribution in [0.25, 0.3) is 22.7 Å². The predicted molar refractivity (Wildman–Crippen MR) is 104 cm³/mol. The molecule has 28 heavy (non-hydrogen) atoms. The van der Waals surface area contributed by atoms with Crippen molar-refractivity contribution >= 4 is 0 Å². The highest BCUT2D eigenvalue weighted by Gasteiger charge is 2.14. The van der Waals surface area contributed by atoms with Gasteiger partial charge < -0.3 is 0 Å². The number of hydrogen-bond acceptors (Lipinski definition) is 2. The maximum atomic E-state index is 4.50. The summed E-state index contributed by atoms with van der Waals surface area (Å²) in [5, 5.41) is 8.99. The van der Waals surface area contributed by atoms with Gasteiger partial charge in [-0.2, -0.15) is 0 Å². The van der Waals surface area contributed by atoms with Crippen molar-refractivity contribution in [2.24, 2.45) is 0 Å². The van der Waals surface area contributed by atoms with Crippen molar-refractivity contribution < 1.29 is 9.13 Å². The zero-order valence-corrected chi connectivity index (χ0v) is 15.1. The van der Waals surface area contributed by atoms with Crippen molar-refractivity contribution in [3.63, 3.8) is 0 Å². The minimum atomic E-state index is 0.967. The van der Waals surface area contributed by atoms with Crippen LogP contribution in [0.5, 0.6) is 0 Å². The molecular formula is C22H18N6+2. The Morgan fingerprint density at radius 1 is 0.536 bits per heavy atom. The monoisotopic (exact) mass is 366 g/mol. The number of rotatable bonds is 4. The zero-order chi connectivity index (χ0) is 18.8. The molecule has 0 atom stereocenters. The van der Waals surface area contributed by atoms with Gasteiger partial charge in [0, 0.05) is 16.3 Å². The van der Waals surface area contributed by atoms with Crippen molar-refractivity contribution in [3.8, 4) is 22.7 Å². The Bertz CT molecular complexity index is 1120. The Labute approximate surface area is 162 Å². The van der Waals surface area contributed by atoms with E-state index in [2.05, 4.69) is 40.5 Å². The first kappa shape index (κ1) is 16.1. The summed E-state index contributed by atoms with van der Waals surface area (Å²) in [5.74, 6) is 0. The number of para-hydroxylation sites is 2. The van der Waals surface area contributed by atoms with E-state index in [-0.39, 0.29) is 0 Å². The van der Waals surface area contributed by atoms with Crippen LogP contribution in [-0.2, 0) is 0 Å². The Morgan fingerprint density at radius 3 is 1.46 bits per heavy atom. The normalized spacial score (nSPS) is 10.9. The van der Waals surface area contributed by atoms with Crippen molar-refractivity contribution in [2.75, 3.05) is 0 Å². The topological polar surface area (TPSA) is 43.4 Å². The molecule has 134 valence electrons. The molecule has 0 spiro atoms. The second kappa shape index (κ2) is 6.92. The van der Waals surface area contributed by atoms with Gasteiger partial charge in [-0.15, -0.1) is 0 Å². The quantitative estimate of drug-likeness (QED) is 0.459. The van der Waals surface area contributed by atoms with Crippen molar-refractivity contribution in [1.82, 2.24) is 19.6 Å². The fourth-order valence-electron chi connectivity index (χ4n) is 3.09. The molecule has 0 radical (unpaired) electrons. The van der Waals surface area contributed by atoms with Crippen molar-refractivity contribution in [2.45, 2.75) is 0 Å². The minimum absolute atomic E-state index is 0.967. The number of hydrogen-bond donors (Lipinski definition) is 0. The van der Waals surface area contributed by atoms with E-state index >= 15 is 0 Å². The molecule has 0 aliphatic carbocycles. The van der Waals surface area contributed by atoms with Crippen LogP contribution in [0.2, 0.25) is 0 Å². The van der Waals surface area contributed by atoms with Crippen LogP contribution in [0.4, 0.5) is 0 Å². The van der Waals surface area contributed by atoms with Gasteiger partial charge in [0.1, 0.15) is 22.7 Å². The van der Waals surface area contributed by atoms with Gasteiger partial charge in [0.05, 0.1) is 0 Å². The van der Waals surface area contributed by atoms with Crippen molar-refractivity contribution in [3.05, 3.63) is 110 Å². The van der Waals surface area contributed by atoms with Gasteiger partial charge in [-0.1, -0.05) is 51.8 Å². The van der Waals surface area contributed by atoms with E-state index in [4.69, 9.17) is 0 Å². The Morgan fingerprint density at radius 2 is 1.00 bits per heavy atom. The molecule has 0 saturated heterocycles. The molecule has 5 rings (SSSR count). The Kier molecular flexibility index (Phi) is 3.99. The molecule has 0 aliphatic rings. The fourth-order valence-corrected chi connectivity index (χ4v) is 3.09. The van der Waals surface area contributed by atoms with Crippen LogP contribution in [0.15, 0.2) is 110 Å². The van der Waals surface area contributed by atoms with Gasteiger partial charge >= 0.3 is 0 Å². The summed E-state index contributed by atoms with van der Waals surface area (Å²) in [7, 11) is 0. The number of aromatic nitrogens is 6. The molecule has 6 nitrogen and oxygen atoms in total. The molecular weight excluding hydrogens is 348 g/mol. The van der Waals surface area contributed by atoms with Crippen LogP contribution < -0.4 is 9.13 Å². The highest BCUT2D eigenvalue weighted by Crippen LogP contribution is 2.12. The zero-order valence-electron chi connectivity index (χ0n) is 15.1. The summed E-state index contributed by atoms with van der Waals surface area (Å²) in [6.07, 6.45) is 7.53. The molecule has 5 aromatic rings. The average molecular weight is 366 g/mol. The maximum absolute atomic E-state index is 4.50. The second-order valence-electron chi connectivity index (χ2n) is 6.39. The molecule has 6 heteroatoms. The van der Waals surface area contributed by atoms with Gasteiger partial charge in [0.15, 0.2) is 0 Å². The highest BCUT2D eigenvalue weighted by atomic mass is 15.4. The standard InChI is InChI=1S/C22H18N6/c1-3-8-19(9-4-1)25-15-23-27(17-25)21-12-7-13-22(14-21)28-18-26(16-24-28)20-10-5-2-6-11-20/h1-18H/q+2. The van der Waals surface area contributed by atoms with E-state index in [9.17, 15) is 0 Å². The summed E-state index contributed by atoms with van der Waals surface area (Å²) in [6.45, 7) is 0. The van der Waals surface area contributed by atoms with Crippen LogP contribution in [0.1, 0.15) is 0 Å². The lowest BCUT2D eigenvalue weighted by molar-refractivity contribution is -0.596. The van der Waals surface area contributed by atoms with Crippen LogP contribution >= 0.6 is 0 Å². The number of benzene rings is 3. The van der Waals surface area contributed by atoms with Gasteiger partial charge in [-0.3, -0.25) is 0 Å². The summed E-state index contributed by atoms with van der Waals surface area (Å²) in [4.78, 5) is 0. The fraction of sp³-hybridized carbons (Fsp3) is 0. The van der Waals surface area contributed by atoms with E-state index in [0.717, 1.165) is 22.7 Å². The van der Waals surface area contributed by atoms with E-state index in [1.807, 2.05) is 85.7 Å². The van der Waals surface area contributed by atoms with E-state index in [0.29, 0.717) is 0 Å². The van der Waals surface area contributed by atoms with Crippen LogP contribution in [-0.4, -0.2) is 19.6 Å². The maximum Gasteiger partial charge on any atom is 0.270 e. The van der Waals surface area contributed by atoms with Gasteiger partial charge in [-0.05, 0) is 36.4 Å². The summed E-state index contributed by atoms with van der Waals surface area (Å²) in [5.41, 5.74) is 4.07. The predicted octanol–water partition coefficient (Wildman–Crippen LogP) is 2.61.